The summed E-state index contributed by atoms with van der Waals surface area (Å²) in [5.74, 6) is -2.64. The first kappa shape index (κ1) is 25.8. The molecule has 3 N–H and O–H groups in total. The normalized spacial score (nSPS) is 16.6. The Morgan fingerprint density at radius 1 is 1.08 bits per heavy atom. The number of carbonyl (C=O) groups is 3. The number of benzene rings is 3. The number of carboxylic acids is 1. The highest BCUT2D eigenvalue weighted by Gasteiger charge is 2.48. The third-order valence-electron chi connectivity index (χ3n) is 6.30. The monoisotopic (exact) mass is 547 g/mol. The summed E-state index contributed by atoms with van der Waals surface area (Å²) in [6, 6.07) is 14.5. The molecule has 1 saturated heterocycles. The number of hydrogen-bond acceptors (Lipinski definition) is 7. The van der Waals surface area contributed by atoms with Gasteiger partial charge < -0.3 is 24.7 Å². The summed E-state index contributed by atoms with van der Waals surface area (Å²) in [7, 11) is 1.48. The van der Waals surface area contributed by atoms with Gasteiger partial charge in [-0.25, -0.2) is 9.78 Å². The van der Waals surface area contributed by atoms with Crippen molar-refractivity contribution in [2.75, 3.05) is 18.6 Å². The van der Waals surface area contributed by atoms with Crippen molar-refractivity contribution in [1.29, 1.82) is 0 Å². The highest BCUT2D eigenvalue weighted by molar-refractivity contribution is 6.51. The summed E-state index contributed by atoms with van der Waals surface area (Å²) in [5, 5.41) is 21.0. The molecule has 3 aromatic carbocycles. The van der Waals surface area contributed by atoms with E-state index < -0.39 is 29.5 Å². The number of carbonyl (C=O) groups excluding carboxylic acids is 2. The number of aliphatic hydroxyl groups is 1. The minimum Gasteiger partial charge on any atom is -0.507 e. The number of anilines is 1. The maximum atomic E-state index is 13.5. The number of H-pyrrole nitrogens is 1. The Kier molecular flexibility index (Phi) is 6.71. The Labute approximate surface area is 227 Å². The van der Waals surface area contributed by atoms with E-state index in [9.17, 15) is 24.6 Å². The van der Waals surface area contributed by atoms with Crippen LogP contribution < -0.4 is 14.4 Å². The van der Waals surface area contributed by atoms with Gasteiger partial charge in [0.1, 0.15) is 17.3 Å². The number of amides is 1. The molecule has 0 radical (unpaired) electrons. The van der Waals surface area contributed by atoms with Crippen molar-refractivity contribution in [2.45, 2.75) is 13.0 Å². The Morgan fingerprint density at radius 3 is 2.59 bits per heavy atom. The quantitative estimate of drug-likeness (QED) is 0.168. The number of aliphatic hydroxyl groups excluding tert-OH is 1. The van der Waals surface area contributed by atoms with E-state index >= 15 is 0 Å². The SMILES string of the molecule is CCOc1ccc(Cl)c(/C(O)=C2\C(=O)C(=O)N(c3nc4ccc(C(=O)O)cc4[nH]3)C2c2cccc(OC)c2)c1. The van der Waals surface area contributed by atoms with E-state index in [0.29, 0.717) is 34.7 Å². The molecule has 0 saturated carbocycles. The number of methoxy groups -OCH3 is 1. The molecule has 0 bridgehead atoms. The maximum Gasteiger partial charge on any atom is 0.335 e. The fourth-order valence-corrected chi connectivity index (χ4v) is 4.72. The second kappa shape index (κ2) is 10.1. The predicted molar refractivity (Wildman–Crippen MR) is 143 cm³/mol. The lowest BCUT2D eigenvalue weighted by atomic mass is 9.95. The van der Waals surface area contributed by atoms with Crippen molar-refractivity contribution in [3.05, 3.63) is 87.9 Å². The molecule has 1 aliphatic rings. The van der Waals surface area contributed by atoms with Gasteiger partial charge in [0.05, 0.1) is 47.0 Å². The van der Waals surface area contributed by atoms with E-state index in [2.05, 4.69) is 9.97 Å². The molecule has 2 heterocycles. The molecule has 1 aliphatic heterocycles. The summed E-state index contributed by atoms with van der Waals surface area (Å²) in [6.45, 7) is 2.17. The second-order valence-corrected chi connectivity index (χ2v) is 9.03. The van der Waals surface area contributed by atoms with Gasteiger partial charge in [0, 0.05) is 5.56 Å². The standard InChI is InChI=1S/C28H22ClN3O7/c1-3-39-17-8-9-19(29)18(13-17)24(33)22-23(14-5-4-6-16(11-14)38-2)32(26(35)25(22)34)28-30-20-10-7-15(27(36)37)12-21(20)31-28/h4-13,23,33H,3H2,1-2H3,(H,30,31)(H,36,37)/b24-22+. The fraction of sp³-hybridized carbons (Fsp3) is 0.143. The van der Waals surface area contributed by atoms with E-state index in [0.717, 1.165) is 4.90 Å². The molecule has 0 aliphatic carbocycles. The average Bonchev–Trinajstić information content (AvgIpc) is 3.47. The lowest BCUT2D eigenvalue weighted by molar-refractivity contribution is -0.132. The van der Waals surface area contributed by atoms with E-state index in [-0.39, 0.29) is 27.7 Å². The lowest BCUT2D eigenvalue weighted by Crippen LogP contribution is -2.30. The summed E-state index contributed by atoms with van der Waals surface area (Å²) < 4.78 is 10.9. The van der Waals surface area contributed by atoms with Gasteiger partial charge >= 0.3 is 11.9 Å². The van der Waals surface area contributed by atoms with Crippen LogP contribution in [0.4, 0.5) is 5.95 Å². The Balaban J connectivity index is 1.73. The maximum absolute atomic E-state index is 13.5. The summed E-state index contributed by atoms with van der Waals surface area (Å²) in [6.07, 6.45) is 0. The van der Waals surface area contributed by atoms with Crippen molar-refractivity contribution >= 4 is 52.0 Å². The van der Waals surface area contributed by atoms with Gasteiger partial charge in [-0.2, -0.15) is 0 Å². The molecule has 10 nitrogen and oxygen atoms in total. The molecule has 1 fully saturated rings. The highest BCUT2D eigenvalue weighted by Crippen LogP contribution is 2.43. The summed E-state index contributed by atoms with van der Waals surface area (Å²) in [5.41, 5.74) is 1.11. The molecule has 1 amide bonds. The molecule has 39 heavy (non-hydrogen) atoms. The zero-order chi connectivity index (χ0) is 27.8. The van der Waals surface area contributed by atoms with Crippen LogP contribution in [0.5, 0.6) is 11.5 Å². The zero-order valence-electron chi connectivity index (χ0n) is 20.8. The van der Waals surface area contributed by atoms with Crippen LogP contribution in [0.2, 0.25) is 5.02 Å². The lowest BCUT2D eigenvalue weighted by Gasteiger charge is -2.23. The first-order chi connectivity index (χ1) is 18.7. The number of ether oxygens (including phenoxy) is 2. The van der Waals surface area contributed by atoms with Gasteiger partial charge in [0.15, 0.2) is 0 Å². The second-order valence-electron chi connectivity index (χ2n) is 8.62. The minimum atomic E-state index is -1.13. The van der Waals surface area contributed by atoms with Gasteiger partial charge in [-0.15, -0.1) is 0 Å². The predicted octanol–water partition coefficient (Wildman–Crippen LogP) is 4.95. The molecular weight excluding hydrogens is 526 g/mol. The first-order valence-corrected chi connectivity index (χ1v) is 12.2. The van der Waals surface area contributed by atoms with Crippen LogP contribution >= 0.6 is 11.6 Å². The number of aromatic carboxylic acids is 1. The number of aromatic amines is 1. The largest absolute Gasteiger partial charge is 0.507 e. The molecule has 1 unspecified atom stereocenters. The number of rotatable bonds is 7. The number of fused-ring (bicyclic) bond motifs is 1. The van der Waals surface area contributed by atoms with Gasteiger partial charge in [-0.3, -0.25) is 14.5 Å². The number of nitrogens with zero attached hydrogens (tertiary/aromatic N) is 2. The molecule has 198 valence electrons. The number of imidazole rings is 1. The Bertz CT molecular complexity index is 1680. The number of hydrogen-bond donors (Lipinski definition) is 3. The molecule has 0 spiro atoms. The zero-order valence-corrected chi connectivity index (χ0v) is 21.5. The van der Waals surface area contributed by atoms with Crippen LogP contribution in [0.15, 0.2) is 66.2 Å². The number of carboxylic acid groups (broad SMARTS) is 1. The van der Waals surface area contributed by atoms with Crippen molar-refractivity contribution < 1.29 is 34.1 Å². The van der Waals surface area contributed by atoms with Crippen LogP contribution in [0, 0.1) is 0 Å². The number of halogens is 1. The van der Waals surface area contributed by atoms with Gasteiger partial charge in [-0.05, 0) is 61.0 Å². The van der Waals surface area contributed by atoms with E-state index in [1.807, 2.05) is 0 Å². The Hall–Kier alpha value is -4.83. The topological polar surface area (TPSA) is 142 Å². The molecule has 1 atom stereocenters. The van der Waals surface area contributed by atoms with Crippen LogP contribution in [-0.2, 0) is 9.59 Å². The van der Waals surface area contributed by atoms with Crippen molar-refractivity contribution in [1.82, 2.24) is 9.97 Å². The number of Topliss-reactive ketones (excluding diaryl/α,β-unsaturated/α-hetero) is 1. The van der Waals surface area contributed by atoms with E-state index in [1.54, 1.807) is 37.3 Å². The molecule has 4 aromatic rings. The molecular formula is C28H22ClN3O7. The van der Waals surface area contributed by atoms with E-state index in [1.165, 1.54) is 37.4 Å². The van der Waals surface area contributed by atoms with Gasteiger partial charge in [-0.1, -0.05) is 23.7 Å². The minimum absolute atomic E-state index is 0.00401. The van der Waals surface area contributed by atoms with Gasteiger partial charge in [0.25, 0.3) is 5.78 Å². The summed E-state index contributed by atoms with van der Waals surface area (Å²) in [4.78, 5) is 46.9. The van der Waals surface area contributed by atoms with Crippen LogP contribution in [0.1, 0.15) is 34.5 Å². The molecule has 1 aromatic heterocycles. The third-order valence-corrected chi connectivity index (χ3v) is 6.63. The van der Waals surface area contributed by atoms with Crippen LogP contribution in [0.25, 0.3) is 16.8 Å². The molecule has 11 heteroatoms. The number of nitrogens with one attached hydrogen (secondary N) is 1. The Morgan fingerprint density at radius 2 is 1.87 bits per heavy atom. The third kappa shape index (κ3) is 4.55. The first-order valence-electron chi connectivity index (χ1n) is 11.8. The van der Waals surface area contributed by atoms with Crippen molar-refractivity contribution in [3.63, 3.8) is 0 Å². The van der Waals surface area contributed by atoms with Crippen LogP contribution in [-0.4, -0.2) is 51.6 Å². The number of ketones is 1. The highest BCUT2D eigenvalue weighted by atomic mass is 35.5. The number of aromatic nitrogens is 2. The summed E-state index contributed by atoms with van der Waals surface area (Å²) >= 11 is 6.40. The van der Waals surface area contributed by atoms with Crippen molar-refractivity contribution in [2.24, 2.45) is 0 Å². The smallest absolute Gasteiger partial charge is 0.335 e. The van der Waals surface area contributed by atoms with Crippen molar-refractivity contribution in [3.8, 4) is 11.5 Å². The average molecular weight is 548 g/mol. The fourth-order valence-electron chi connectivity index (χ4n) is 4.51. The van der Waals surface area contributed by atoms with E-state index in [4.69, 9.17) is 21.1 Å². The van der Waals surface area contributed by atoms with Crippen LogP contribution in [0.3, 0.4) is 0 Å². The molecule has 5 rings (SSSR count). The van der Waals surface area contributed by atoms with Gasteiger partial charge in [0.2, 0.25) is 5.95 Å².